The first-order valence-electron chi connectivity index (χ1n) is 8.49. The van der Waals surface area contributed by atoms with Crippen molar-refractivity contribution in [1.29, 1.82) is 0 Å². The van der Waals surface area contributed by atoms with Crippen molar-refractivity contribution in [2.45, 2.75) is 71.4 Å². The highest BCUT2D eigenvalue weighted by molar-refractivity contribution is 6.74. The van der Waals surface area contributed by atoms with Crippen molar-refractivity contribution >= 4 is 20.3 Å². The molecule has 0 radical (unpaired) electrons. The maximum absolute atomic E-state index is 12.2. The summed E-state index contributed by atoms with van der Waals surface area (Å²) in [5.74, 6) is -2.76. The molecule has 0 amide bonds. The minimum atomic E-state index is -2.08. The summed E-state index contributed by atoms with van der Waals surface area (Å²) in [7, 11) is -2.08. The first-order valence-corrected chi connectivity index (χ1v) is 11.4. The predicted molar refractivity (Wildman–Crippen MR) is 89.1 cm³/mol. The van der Waals surface area contributed by atoms with Gasteiger partial charge in [0, 0.05) is 12.5 Å². The van der Waals surface area contributed by atoms with Crippen LogP contribution in [0.3, 0.4) is 0 Å². The highest BCUT2D eigenvalue weighted by Gasteiger charge is 2.56. The lowest BCUT2D eigenvalue weighted by molar-refractivity contribution is -0.245. The van der Waals surface area contributed by atoms with Crippen LogP contribution < -0.4 is 0 Å². The van der Waals surface area contributed by atoms with Crippen LogP contribution in [-0.2, 0) is 23.5 Å². The van der Waals surface area contributed by atoms with Gasteiger partial charge in [-0.1, -0.05) is 27.7 Å². The monoisotopic (exact) mass is 342 g/mol. The molecule has 4 atom stereocenters. The topological polar surface area (TPSA) is 61.8 Å². The van der Waals surface area contributed by atoms with Crippen LogP contribution in [0.4, 0.5) is 0 Å². The van der Waals surface area contributed by atoms with E-state index in [1.165, 1.54) is 0 Å². The third-order valence-electron chi connectivity index (χ3n) is 5.80. The van der Waals surface area contributed by atoms with Crippen LogP contribution in [0.5, 0.6) is 0 Å². The second-order valence-corrected chi connectivity index (χ2v) is 13.3. The number of hydrogen-bond acceptors (Lipinski definition) is 5. The van der Waals surface area contributed by atoms with E-state index in [0.717, 1.165) is 12.8 Å². The number of hydrogen-bond donors (Lipinski definition) is 0. The molecule has 0 spiro atoms. The zero-order valence-corrected chi connectivity index (χ0v) is 16.4. The van der Waals surface area contributed by atoms with E-state index >= 15 is 0 Å². The first kappa shape index (κ1) is 18.6. The minimum absolute atomic E-state index is 0.0407. The second-order valence-electron chi connectivity index (χ2n) is 8.53. The fourth-order valence-electron chi connectivity index (χ4n) is 3.34. The molecule has 132 valence electrons. The quantitative estimate of drug-likeness (QED) is 0.446. The van der Waals surface area contributed by atoms with Crippen LogP contribution in [0.15, 0.2) is 0 Å². The Balaban J connectivity index is 2.31. The highest BCUT2D eigenvalue weighted by Crippen LogP contribution is 2.47. The van der Waals surface area contributed by atoms with Gasteiger partial charge in [0.25, 0.3) is 0 Å². The molecule has 0 aromatic heterocycles. The number of rotatable bonds is 3. The maximum Gasteiger partial charge on any atom is 0.317 e. The summed E-state index contributed by atoms with van der Waals surface area (Å²) in [6, 6.07) is 0. The Morgan fingerprint density at radius 2 is 1.83 bits per heavy atom. The van der Waals surface area contributed by atoms with E-state index in [-0.39, 0.29) is 11.0 Å². The van der Waals surface area contributed by atoms with Crippen molar-refractivity contribution < 1.29 is 23.5 Å². The molecule has 5 nitrogen and oxygen atoms in total. The number of cyclic esters (lactones) is 2. The average molecular weight is 343 g/mol. The van der Waals surface area contributed by atoms with E-state index in [1.807, 2.05) is 6.92 Å². The van der Waals surface area contributed by atoms with E-state index < -0.39 is 37.9 Å². The minimum Gasteiger partial charge on any atom is -0.393 e. The average Bonchev–Trinajstić information content (AvgIpc) is 2.62. The van der Waals surface area contributed by atoms with Crippen molar-refractivity contribution in [2.75, 3.05) is 6.61 Å². The molecule has 0 aromatic carbocycles. The van der Waals surface area contributed by atoms with Gasteiger partial charge >= 0.3 is 11.9 Å². The third-order valence-corrected chi connectivity index (χ3v) is 10.3. The molecule has 2 rings (SSSR count). The van der Waals surface area contributed by atoms with Gasteiger partial charge in [0.15, 0.2) is 14.1 Å². The molecule has 2 fully saturated rings. The van der Waals surface area contributed by atoms with Gasteiger partial charge in [0.2, 0.25) is 0 Å². The molecule has 2 aliphatic heterocycles. The Morgan fingerprint density at radius 1 is 1.22 bits per heavy atom. The smallest absolute Gasteiger partial charge is 0.317 e. The second kappa shape index (κ2) is 5.97. The van der Waals surface area contributed by atoms with Crippen LogP contribution in [0, 0.1) is 17.8 Å². The zero-order chi connectivity index (χ0) is 17.6. The summed E-state index contributed by atoms with van der Waals surface area (Å²) in [5.41, 5.74) is 0. The fraction of sp³-hybridized carbons (Fsp3) is 0.882. The molecule has 2 heterocycles. The SMILES string of the molecule is CC1C(=O)OC(=O)C1C1CCCOC1(C)O[Si](C)(C)C(C)(C)C. The lowest BCUT2D eigenvalue weighted by Gasteiger charge is -2.50. The van der Waals surface area contributed by atoms with E-state index in [4.69, 9.17) is 13.9 Å². The van der Waals surface area contributed by atoms with Crippen LogP contribution in [-0.4, -0.2) is 32.6 Å². The predicted octanol–water partition coefficient (Wildman–Crippen LogP) is 3.49. The van der Waals surface area contributed by atoms with Gasteiger partial charge in [-0.2, -0.15) is 0 Å². The van der Waals surface area contributed by atoms with Gasteiger partial charge in [-0.3, -0.25) is 9.59 Å². The summed E-state index contributed by atoms with van der Waals surface area (Å²) >= 11 is 0. The lowest BCUT2D eigenvalue weighted by atomic mass is 9.76. The summed E-state index contributed by atoms with van der Waals surface area (Å²) in [6.45, 7) is 15.2. The van der Waals surface area contributed by atoms with Crippen molar-refractivity contribution in [3.8, 4) is 0 Å². The molecule has 0 saturated carbocycles. The molecule has 0 aliphatic carbocycles. The molecule has 2 saturated heterocycles. The van der Waals surface area contributed by atoms with Crippen molar-refractivity contribution in [3.63, 3.8) is 0 Å². The lowest BCUT2D eigenvalue weighted by Crippen LogP contribution is -2.57. The maximum atomic E-state index is 12.2. The summed E-state index contributed by atoms with van der Waals surface area (Å²) in [5, 5.41) is 0.0407. The Labute approximate surface area is 140 Å². The van der Waals surface area contributed by atoms with Crippen LogP contribution >= 0.6 is 0 Å². The van der Waals surface area contributed by atoms with Crippen LogP contribution in [0.2, 0.25) is 18.1 Å². The Morgan fingerprint density at radius 3 is 2.30 bits per heavy atom. The first-order chi connectivity index (χ1) is 10.4. The van der Waals surface area contributed by atoms with Crippen molar-refractivity contribution in [3.05, 3.63) is 0 Å². The van der Waals surface area contributed by atoms with Gasteiger partial charge in [-0.15, -0.1) is 0 Å². The van der Waals surface area contributed by atoms with E-state index in [9.17, 15) is 9.59 Å². The third kappa shape index (κ3) is 3.39. The van der Waals surface area contributed by atoms with Gasteiger partial charge < -0.3 is 13.9 Å². The molecule has 0 N–H and O–H groups in total. The van der Waals surface area contributed by atoms with Gasteiger partial charge in [-0.05, 0) is 37.9 Å². The largest absolute Gasteiger partial charge is 0.393 e. The summed E-state index contributed by atoms with van der Waals surface area (Å²) < 4.78 is 17.5. The van der Waals surface area contributed by atoms with Gasteiger partial charge in [-0.25, -0.2) is 0 Å². The highest BCUT2D eigenvalue weighted by atomic mass is 28.4. The summed E-state index contributed by atoms with van der Waals surface area (Å²) in [6.07, 6.45) is 1.67. The Bertz CT molecular complexity index is 496. The molecule has 2 aliphatic rings. The molecule has 23 heavy (non-hydrogen) atoms. The fourth-order valence-corrected chi connectivity index (χ4v) is 4.87. The number of carbonyl (C=O) groups is 2. The molecule has 6 heteroatoms. The summed E-state index contributed by atoms with van der Waals surface area (Å²) in [4.78, 5) is 24.0. The molecule has 0 bridgehead atoms. The van der Waals surface area contributed by atoms with Crippen molar-refractivity contribution in [1.82, 2.24) is 0 Å². The molecule has 0 aromatic rings. The number of ether oxygens (including phenoxy) is 2. The normalized spacial score (nSPS) is 36.2. The Kier molecular flexibility index (Phi) is 4.83. The van der Waals surface area contributed by atoms with Crippen LogP contribution in [0.1, 0.15) is 47.5 Å². The van der Waals surface area contributed by atoms with Gasteiger partial charge in [0.05, 0.1) is 11.8 Å². The molecule has 4 unspecified atom stereocenters. The standard InChI is InChI=1S/C17H30O5Si/c1-11-13(15(19)21-14(11)18)12-9-8-10-20-17(12,5)22-23(6,7)16(2,3)4/h11-13H,8-10H2,1-7H3. The zero-order valence-electron chi connectivity index (χ0n) is 15.4. The number of carbonyl (C=O) groups excluding carboxylic acids is 2. The van der Waals surface area contributed by atoms with E-state index in [1.54, 1.807) is 6.92 Å². The number of esters is 2. The molecular weight excluding hydrogens is 312 g/mol. The van der Waals surface area contributed by atoms with Crippen molar-refractivity contribution in [2.24, 2.45) is 17.8 Å². The van der Waals surface area contributed by atoms with Gasteiger partial charge in [0.1, 0.15) is 0 Å². The van der Waals surface area contributed by atoms with Crippen LogP contribution in [0.25, 0.3) is 0 Å². The van der Waals surface area contributed by atoms with E-state index in [2.05, 4.69) is 33.9 Å². The molecular formula is C17H30O5Si. The Hall–Kier alpha value is -0.723. The van der Waals surface area contributed by atoms with E-state index in [0.29, 0.717) is 6.61 Å².